The monoisotopic (exact) mass is 481 g/mol. The van der Waals surface area contributed by atoms with Crippen LogP contribution in [-0.4, -0.2) is 41.3 Å². The minimum absolute atomic E-state index is 0.0893. The fraction of sp³-hybridized carbons (Fsp3) is 0.423. The number of fused-ring (bicyclic) bond motifs is 3. The molecule has 5 rings (SSSR count). The predicted molar refractivity (Wildman–Crippen MR) is 134 cm³/mol. The summed E-state index contributed by atoms with van der Waals surface area (Å²) in [5.41, 5.74) is 9.52. The fourth-order valence-electron chi connectivity index (χ4n) is 5.60. The summed E-state index contributed by atoms with van der Waals surface area (Å²) in [6.07, 6.45) is 3.39. The van der Waals surface area contributed by atoms with E-state index in [1.165, 1.54) is 3.97 Å². The Morgan fingerprint density at radius 3 is 2.53 bits per heavy atom. The van der Waals surface area contributed by atoms with Gasteiger partial charge >= 0.3 is 0 Å². The maximum absolute atomic E-state index is 13.3. The van der Waals surface area contributed by atoms with E-state index in [1.807, 2.05) is 50.2 Å². The van der Waals surface area contributed by atoms with Gasteiger partial charge in [-0.05, 0) is 61.3 Å². The van der Waals surface area contributed by atoms with Crippen LogP contribution in [0.25, 0.3) is 22.0 Å². The summed E-state index contributed by atoms with van der Waals surface area (Å²) in [5, 5.41) is 14.2. The van der Waals surface area contributed by atoms with Crippen molar-refractivity contribution in [2.75, 3.05) is 11.1 Å². The highest BCUT2D eigenvalue weighted by atomic mass is 32.2. The third-order valence-corrected chi connectivity index (χ3v) is 9.17. The van der Waals surface area contributed by atoms with Crippen LogP contribution >= 0.6 is 0 Å². The number of aliphatic hydroxyl groups is 1. The normalized spacial score (nSPS) is 23.4. The first-order valence-corrected chi connectivity index (χ1v) is 13.4. The van der Waals surface area contributed by atoms with Crippen molar-refractivity contribution in [3.05, 3.63) is 53.7 Å². The van der Waals surface area contributed by atoms with E-state index in [-0.39, 0.29) is 17.9 Å². The lowest BCUT2D eigenvalue weighted by atomic mass is 9.87. The molecule has 2 heterocycles. The number of primary amides is 1. The van der Waals surface area contributed by atoms with Crippen LogP contribution in [0.1, 0.15) is 55.6 Å². The molecule has 3 aromatic rings. The number of para-hydroxylation sites is 1. The lowest BCUT2D eigenvalue weighted by Gasteiger charge is -2.31. The number of amides is 1. The van der Waals surface area contributed by atoms with Gasteiger partial charge < -0.3 is 16.2 Å². The molecule has 0 atom stereocenters. The second kappa shape index (κ2) is 8.13. The molecule has 1 aliphatic heterocycles. The van der Waals surface area contributed by atoms with Crippen molar-refractivity contribution in [3.63, 3.8) is 0 Å². The zero-order valence-corrected chi connectivity index (χ0v) is 20.4. The first-order valence-electron chi connectivity index (χ1n) is 11.8. The molecule has 0 saturated heterocycles. The van der Waals surface area contributed by atoms with Crippen molar-refractivity contribution in [3.8, 4) is 11.1 Å². The lowest BCUT2D eigenvalue weighted by Crippen LogP contribution is -2.36. The van der Waals surface area contributed by atoms with E-state index in [1.54, 1.807) is 6.07 Å². The average molecular weight is 482 g/mol. The van der Waals surface area contributed by atoms with Gasteiger partial charge in [0.25, 0.3) is 5.91 Å². The second-order valence-corrected chi connectivity index (χ2v) is 12.3. The quantitative estimate of drug-likeness (QED) is 0.523. The number of nitrogens with zero attached hydrogens (tertiary/aromatic N) is 1. The average Bonchev–Trinajstić information content (AvgIpc) is 3.08. The Morgan fingerprint density at radius 1 is 1.12 bits per heavy atom. The SMILES string of the molecule is CC1(C)Cc2c(-c3ccc(C(N)=O)c(N[C@H]4CC[C@H](O)CC4)c3)c3ccccc3n2S(=O)(=O)C1. The number of nitrogens with one attached hydrogen (secondary N) is 1. The minimum Gasteiger partial charge on any atom is -0.393 e. The van der Waals surface area contributed by atoms with Crippen LogP contribution in [0.4, 0.5) is 5.69 Å². The maximum atomic E-state index is 13.3. The van der Waals surface area contributed by atoms with Crippen LogP contribution in [0.2, 0.25) is 0 Å². The Kier molecular flexibility index (Phi) is 5.48. The third kappa shape index (κ3) is 3.99. The number of benzene rings is 2. The zero-order chi connectivity index (χ0) is 24.3. The van der Waals surface area contributed by atoms with Gasteiger partial charge in [-0.25, -0.2) is 12.4 Å². The Morgan fingerprint density at radius 2 is 1.82 bits per heavy atom. The molecule has 0 radical (unpaired) electrons. The van der Waals surface area contributed by atoms with Gasteiger partial charge in [-0.15, -0.1) is 0 Å². The van der Waals surface area contributed by atoms with Gasteiger partial charge in [-0.1, -0.05) is 38.1 Å². The first-order chi connectivity index (χ1) is 16.1. The molecule has 1 saturated carbocycles. The van der Waals surface area contributed by atoms with Gasteiger partial charge in [0.2, 0.25) is 10.0 Å². The number of rotatable bonds is 4. The van der Waals surface area contributed by atoms with Crippen LogP contribution < -0.4 is 11.1 Å². The molecule has 1 aliphatic carbocycles. The molecule has 7 nitrogen and oxygen atoms in total. The molecule has 4 N–H and O–H groups in total. The van der Waals surface area contributed by atoms with Gasteiger partial charge in [0.1, 0.15) is 0 Å². The topological polar surface area (TPSA) is 114 Å². The van der Waals surface area contributed by atoms with Crippen LogP contribution in [-0.2, 0) is 16.4 Å². The highest BCUT2D eigenvalue weighted by Crippen LogP contribution is 2.43. The van der Waals surface area contributed by atoms with Crippen LogP contribution in [0.5, 0.6) is 0 Å². The number of hydrogen-bond acceptors (Lipinski definition) is 5. The van der Waals surface area contributed by atoms with E-state index in [2.05, 4.69) is 5.32 Å². The fourth-order valence-corrected chi connectivity index (χ4v) is 7.77. The molecule has 0 spiro atoms. The van der Waals surface area contributed by atoms with Crippen LogP contribution in [0.3, 0.4) is 0 Å². The Balaban J connectivity index is 1.68. The molecule has 8 heteroatoms. The number of anilines is 1. The smallest absolute Gasteiger partial charge is 0.250 e. The second-order valence-electron chi connectivity index (χ2n) is 10.5. The number of hydrogen-bond donors (Lipinski definition) is 3. The highest BCUT2D eigenvalue weighted by Gasteiger charge is 2.38. The largest absolute Gasteiger partial charge is 0.393 e. The Labute approximate surface area is 200 Å². The van der Waals surface area contributed by atoms with E-state index >= 15 is 0 Å². The first kappa shape index (κ1) is 22.9. The van der Waals surface area contributed by atoms with Crippen molar-refractivity contribution >= 4 is 32.5 Å². The number of nitrogens with two attached hydrogens (primary N) is 1. The predicted octanol–water partition coefficient (Wildman–Crippen LogP) is 3.88. The van der Waals surface area contributed by atoms with E-state index < -0.39 is 21.3 Å². The van der Waals surface area contributed by atoms with Crippen molar-refractivity contribution in [1.29, 1.82) is 0 Å². The summed E-state index contributed by atoms with van der Waals surface area (Å²) in [4.78, 5) is 12.2. The number of carbonyl (C=O) groups is 1. The Bertz CT molecular complexity index is 1380. The molecule has 0 bridgehead atoms. The minimum atomic E-state index is -3.52. The van der Waals surface area contributed by atoms with Gasteiger partial charge in [-0.3, -0.25) is 4.79 Å². The maximum Gasteiger partial charge on any atom is 0.250 e. The number of carbonyl (C=O) groups excluding carboxylic acids is 1. The van der Waals surface area contributed by atoms with Gasteiger partial charge in [-0.2, -0.15) is 0 Å². The van der Waals surface area contributed by atoms with E-state index in [9.17, 15) is 18.3 Å². The van der Waals surface area contributed by atoms with Gasteiger partial charge in [0.05, 0.1) is 22.9 Å². The molecule has 1 fully saturated rings. The molecular weight excluding hydrogens is 450 g/mol. The summed E-state index contributed by atoms with van der Waals surface area (Å²) < 4.78 is 28.1. The number of aromatic nitrogens is 1. The van der Waals surface area contributed by atoms with Crippen molar-refractivity contribution < 1.29 is 18.3 Å². The molecule has 1 amide bonds. The van der Waals surface area contributed by atoms with E-state index in [0.29, 0.717) is 36.0 Å². The van der Waals surface area contributed by atoms with E-state index in [4.69, 9.17) is 5.73 Å². The van der Waals surface area contributed by atoms with Gasteiger partial charge in [0.15, 0.2) is 0 Å². The van der Waals surface area contributed by atoms with Crippen LogP contribution in [0.15, 0.2) is 42.5 Å². The summed E-state index contributed by atoms with van der Waals surface area (Å²) in [6.45, 7) is 3.96. The van der Waals surface area contributed by atoms with Crippen molar-refractivity contribution in [2.24, 2.45) is 11.1 Å². The van der Waals surface area contributed by atoms with Crippen molar-refractivity contribution in [2.45, 2.75) is 58.1 Å². The summed E-state index contributed by atoms with van der Waals surface area (Å²) in [5.74, 6) is -0.427. The summed E-state index contributed by atoms with van der Waals surface area (Å²) in [6, 6.07) is 13.2. The molecule has 0 unspecified atom stereocenters. The summed E-state index contributed by atoms with van der Waals surface area (Å²) >= 11 is 0. The molecular formula is C26H31N3O4S. The molecule has 34 heavy (non-hydrogen) atoms. The standard InChI is InChI=1S/C26H31N3O4S/c1-26(2)14-23-24(20-5-3-4-6-22(20)29(23)34(32,33)15-26)16-7-12-19(25(27)31)21(13-16)28-17-8-10-18(30)11-9-17/h3-7,12-13,17-18,28,30H,8-11,14-15H2,1-2H3,(H2,27,31)/t17-,18-. The van der Waals surface area contributed by atoms with Crippen molar-refractivity contribution in [1.82, 2.24) is 3.97 Å². The Hall–Kier alpha value is -2.84. The lowest BCUT2D eigenvalue weighted by molar-refractivity contribution is 0.100. The molecule has 2 aromatic carbocycles. The van der Waals surface area contributed by atoms with E-state index in [0.717, 1.165) is 35.0 Å². The third-order valence-electron chi connectivity index (χ3n) is 7.05. The number of aliphatic hydroxyl groups excluding tert-OH is 1. The molecule has 1 aromatic heterocycles. The van der Waals surface area contributed by atoms with Crippen LogP contribution in [0, 0.1) is 5.41 Å². The van der Waals surface area contributed by atoms with Gasteiger partial charge in [0, 0.05) is 28.4 Å². The highest BCUT2D eigenvalue weighted by molar-refractivity contribution is 7.90. The zero-order valence-electron chi connectivity index (χ0n) is 19.5. The molecule has 2 aliphatic rings. The molecule has 180 valence electrons. The summed E-state index contributed by atoms with van der Waals surface area (Å²) in [7, 11) is -3.52.